The Morgan fingerprint density at radius 2 is 2.31 bits per heavy atom. The Balaban J connectivity index is 1.60. The fraction of sp³-hybridized carbons (Fsp3) is 0.417. The normalized spacial score (nSPS) is 16.5. The SMILES string of the molecule is c1nc2ccc(CNCC3CNC3)cc2[nH]1. The van der Waals surface area contributed by atoms with Crippen molar-refractivity contribution in [3.8, 4) is 0 Å². The number of benzene rings is 1. The highest BCUT2D eigenvalue weighted by atomic mass is 15.0. The molecule has 16 heavy (non-hydrogen) atoms. The third kappa shape index (κ3) is 1.94. The molecule has 3 rings (SSSR count). The monoisotopic (exact) mass is 216 g/mol. The molecule has 1 aromatic heterocycles. The van der Waals surface area contributed by atoms with Gasteiger partial charge in [-0.1, -0.05) is 6.07 Å². The molecule has 0 bridgehead atoms. The maximum absolute atomic E-state index is 4.21. The number of aromatic amines is 1. The summed E-state index contributed by atoms with van der Waals surface area (Å²) in [7, 11) is 0. The van der Waals surface area contributed by atoms with E-state index in [1.807, 2.05) is 0 Å². The van der Waals surface area contributed by atoms with Crippen molar-refractivity contribution in [3.63, 3.8) is 0 Å². The first-order valence-electron chi connectivity index (χ1n) is 5.75. The summed E-state index contributed by atoms with van der Waals surface area (Å²) in [6, 6.07) is 6.36. The lowest BCUT2D eigenvalue weighted by molar-refractivity contribution is 0.331. The van der Waals surface area contributed by atoms with E-state index in [2.05, 4.69) is 38.8 Å². The third-order valence-corrected chi connectivity index (χ3v) is 3.11. The molecule has 84 valence electrons. The molecule has 2 aromatic rings. The van der Waals surface area contributed by atoms with Crippen molar-refractivity contribution in [2.24, 2.45) is 5.92 Å². The van der Waals surface area contributed by atoms with Gasteiger partial charge in [0, 0.05) is 26.2 Å². The van der Waals surface area contributed by atoms with Crippen LogP contribution in [0.1, 0.15) is 5.56 Å². The molecule has 4 heteroatoms. The fourth-order valence-corrected chi connectivity index (χ4v) is 2.01. The summed E-state index contributed by atoms with van der Waals surface area (Å²) in [6.07, 6.45) is 1.74. The van der Waals surface area contributed by atoms with Crippen molar-refractivity contribution in [2.45, 2.75) is 6.54 Å². The number of fused-ring (bicyclic) bond motifs is 1. The molecule has 0 amide bonds. The van der Waals surface area contributed by atoms with Crippen molar-refractivity contribution in [1.29, 1.82) is 0 Å². The van der Waals surface area contributed by atoms with E-state index in [0.29, 0.717) is 0 Å². The minimum atomic E-state index is 0.816. The largest absolute Gasteiger partial charge is 0.345 e. The smallest absolute Gasteiger partial charge is 0.0931 e. The third-order valence-electron chi connectivity index (χ3n) is 3.11. The molecule has 0 radical (unpaired) electrons. The van der Waals surface area contributed by atoms with E-state index >= 15 is 0 Å². The molecule has 0 spiro atoms. The highest BCUT2D eigenvalue weighted by Gasteiger charge is 2.15. The summed E-state index contributed by atoms with van der Waals surface area (Å²) in [5.41, 5.74) is 3.46. The van der Waals surface area contributed by atoms with Gasteiger partial charge in [-0.3, -0.25) is 0 Å². The lowest BCUT2D eigenvalue weighted by atomic mass is 10.0. The van der Waals surface area contributed by atoms with Crippen LogP contribution in [-0.4, -0.2) is 29.6 Å². The van der Waals surface area contributed by atoms with Crippen molar-refractivity contribution < 1.29 is 0 Å². The molecule has 0 saturated carbocycles. The predicted octanol–water partition coefficient (Wildman–Crippen LogP) is 0.872. The Kier molecular flexibility index (Phi) is 2.60. The van der Waals surface area contributed by atoms with Crippen LogP contribution in [0, 0.1) is 5.92 Å². The molecule has 0 unspecified atom stereocenters. The second-order valence-electron chi connectivity index (χ2n) is 4.41. The molecule has 2 heterocycles. The van der Waals surface area contributed by atoms with E-state index in [-0.39, 0.29) is 0 Å². The lowest BCUT2D eigenvalue weighted by Crippen LogP contribution is -2.47. The van der Waals surface area contributed by atoms with Crippen molar-refractivity contribution >= 4 is 11.0 Å². The average Bonchev–Trinajstić information content (AvgIpc) is 2.68. The Labute approximate surface area is 94.5 Å². The lowest BCUT2D eigenvalue weighted by Gasteiger charge is -2.27. The molecule has 1 aliphatic heterocycles. The van der Waals surface area contributed by atoms with Gasteiger partial charge in [-0.15, -0.1) is 0 Å². The summed E-state index contributed by atoms with van der Waals surface area (Å²) >= 11 is 0. The number of imidazole rings is 1. The molecule has 1 aliphatic rings. The van der Waals surface area contributed by atoms with Gasteiger partial charge in [0.05, 0.1) is 17.4 Å². The van der Waals surface area contributed by atoms with E-state index < -0.39 is 0 Å². The molecule has 4 nitrogen and oxygen atoms in total. The Morgan fingerprint density at radius 3 is 3.12 bits per heavy atom. The fourth-order valence-electron chi connectivity index (χ4n) is 2.01. The molecule has 0 aliphatic carbocycles. The topological polar surface area (TPSA) is 52.7 Å². The van der Waals surface area contributed by atoms with E-state index in [0.717, 1.165) is 43.1 Å². The number of hydrogen-bond acceptors (Lipinski definition) is 3. The van der Waals surface area contributed by atoms with Crippen molar-refractivity contribution in [1.82, 2.24) is 20.6 Å². The van der Waals surface area contributed by atoms with Crippen LogP contribution >= 0.6 is 0 Å². The zero-order chi connectivity index (χ0) is 10.8. The number of nitrogens with one attached hydrogen (secondary N) is 3. The van der Waals surface area contributed by atoms with Gasteiger partial charge >= 0.3 is 0 Å². The molecule has 3 N–H and O–H groups in total. The number of hydrogen-bond donors (Lipinski definition) is 3. The van der Waals surface area contributed by atoms with Crippen molar-refractivity contribution in [3.05, 3.63) is 30.1 Å². The zero-order valence-electron chi connectivity index (χ0n) is 9.16. The van der Waals surface area contributed by atoms with Gasteiger partial charge in [-0.25, -0.2) is 4.98 Å². The molecule has 1 aromatic carbocycles. The van der Waals surface area contributed by atoms with Crippen LogP contribution in [0.3, 0.4) is 0 Å². The van der Waals surface area contributed by atoms with Crippen LogP contribution in [0.25, 0.3) is 11.0 Å². The highest BCUT2D eigenvalue weighted by Crippen LogP contribution is 2.11. The molecule has 1 fully saturated rings. The second-order valence-corrected chi connectivity index (χ2v) is 4.41. The summed E-state index contributed by atoms with van der Waals surface area (Å²) < 4.78 is 0. The highest BCUT2D eigenvalue weighted by molar-refractivity contribution is 5.74. The van der Waals surface area contributed by atoms with Gasteiger partial charge in [-0.05, 0) is 23.6 Å². The first-order chi connectivity index (χ1) is 7.92. The van der Waals surface area contributed by atoms with Crippen LogP contribution < -0.4 is 10.6 Å². The standard InChI is InChI=1S/C12H16N4/c1-2-11-12(16-8-15-11)3-9(1)4-13-5-10-6-14-7-10/h1-3,8,10,13-14H,4-7H2,(H,15,16). The minimum absolute atomic E-state index is 0.816. The van der Waals surface area contributed by atoms with E-state index in [4.69, 9.17) is 0 Å². The number of nitrogens with zero attached hydrogens (tertiary/aromatic N) is 1. The zero-order valence-corrected chi connectivity index (χ0v) is 9.16. The minimum Gasteiger partial charge on any atom is -0.345 e. The second kappa shape index (κ2) is 4.23. The van der Waals surface area contributed by atoms with Gasteiger partial charge in [0.1, 0.15) is 0 Å². The van der Waals surface area contributed by atoms with E-state index in [1.54, 1.807) is 6.33 Å². The average molecular weight is 216 g/mol. The molecular weight excluding hydrogens is 200 g/mol. The Morgan fingerprint density at radius 1 is 1.38 bits per heavy atom. The van der Waals surface area contributed by atoms with Gasteiger partial charge in [0.2, 0.25) is 0 Å². The quantitative estimate of drug-likeness (QED) is 0.711. The maximum atomic E-state index is 4.21. The van der Waals surface area contributed by atoms with Crippen LogP contribution in [0.4, 0.5) is 0 Å². The van der Waals surface area contributed by atoms with Crippen LogP contribution in [0.15, 0.2) is 24.5 Å². The number of aromatic nitrogens is 2. The Hall–Kier alpha value is -1.39. The van der Waals surface area contributed by atoms with Crippen LogP contribution in [0.2, 0.25) is 0 Å². The first-order valence-corrected chi connectivity index (χ1v) is 5.75. The molecule has 0 atom stereocenters. The van der Waals surface area contributed by atoms with Crippen LogP contribution in [-0.2, 0) is 6.54 Å². The number of H-pyrrole nitrogens is 1. The first kappa shape index (κ1) is 9.81. The molecular formula is C12H16N4. The Bertz CT molecular complexity index is 473. The van der Waals surface area contributed by atoms with Gasteiger partial charge in [0.25, 0.3) is 0 Å². The predicted molar refractivity (Wildman–Crippen MR) is 64.2 cm³/mol. The van der Waals surface area contributed by atoms with E-state index in [9.17, 15) is 0 Å². The van der Waals surface area contributed by atoms with Crippen molar-refractivity contribution in [2.75, 3.05) is 19.6 Å². The van der Waals surface area contributed by atoms with Gasteiger partial charge in [-0.2, -0.15) is 0 Å². The maximum Gasteiger partial charge on any atom is 0.0931 e. The summed E-state index contributed by atoms with van der Waals surface area (Å²) in [5, 5.41) is 6.76. The molecule has 1 saturated heterocycles. The van der Waals surface area contributed by atoms with Gasteiger partial charge < -0.3 is 15.6 Å². The summed E-state index contributed by atoms with van der Waals surface area (Å²) in [6.45, 7) is 4.36. The summed E-state index contributed by atoms with van der Waals surface area (Å²) in [5.74, 6) is 0.816. The van der Waals surface area contributed by atoms with E-state index in [1.165, 1.54) is 5.56 Å². The number of rotatable bonds is 4. The van der Waals surface area contributed by atoms with Gasteiger partial charge in [0.15, 0.2) is 0 Å². The summed E-state index contributed by atoms with van der Waals surface area (Å²) in [4.78, 5) is 7.34. The van der Waals surface area contributed by atoms with Crippen LogP contribution in [0.5, 0.6) is 0 Å².